The van der Waals surface area contributed by atoms with E-state index in [4.69, 9.17) is 11.6 Å². The van der Waals surface area contributed by atoms with E-state index in [0.717, 1.165) is 23.7 Å². The zero-order chi connectivity index (χ0) is 13.8. The molecular formula is C16H27ClN2. The molecule has 1 rings (SSSR count). The van der Waals surface area contributed by atoms with Gasteiger partial charge in [-0.05, 0) is 24.6 Å². The molecule has 3 heteroatoms. The van der Waals surface area contributed by atoms with Crippen molar-refractivity contribution in [3.05, 3.63) is 29.0 Å². The lowest BCUT2D eigenvalue weighted by Crippen LogP contribution is -2.14. The molecule has 0 atom stereocenters. The molecule has 0 amide bonds. The van der Waals surface area contributed by atoms with Crippen LogP contribution < -0.4 is 5.32 Å². The van der Waals surface area contributed by atoms with E-state index in [1.54, 1.807) is 12.4 Å². The number of halogens is 1. The van der Waals surface area contributed by atoms with Gasteiger partial charge in [-0.3, -0.25) is 4.98 Å². The second kappa shape index (κ2) is 11.2. The van der Waals surface area contributed by atoms with Crippen LogP contribution in [0.4, 0.5) is 0 Å². The molecule has 1 aromatic rings. The van der Waals surface area contributed by atoms with E-state index in [1.165, 1.54) is 51.4 Å². The average molecular weight is 283 g/mol. The minimum atomic E-state index is 0.755. The van der Waals surface area contributed by atoms with Gasteiger partial charge in [-0.2, -0.15) is 0 Å². The molecule has 108 valence electrons. The average Bonchev–Trinajstić information content (AvgIpc) is 2.43. The highest BCUT2D eigenvalue weighted by Crippen LogP contribution is 2.12. The van der Waals surface area contributed by atoms with Gasteiger partial charge in [0.1, 0.15) is 0 Å². The topological polar surface area (TPSA) is 24.9 Å². The van der Waals surface area contributed by atoms with E-state index >= 15 is 0 Å². The summed E-state index contributed by atoms with van der Waals surface area (Å²) in [5, 5.41) is 4.20. The zero-order valence-corrected chi connectivity index (χ0v) is 12.9. The standard InChI is InChI=1S/C16H27ClN2/c1-2-3-4-5-6-7-8-9-11-18-13-15-10-12-19-14-16(15)17/h10,12,14,18H,2-9,11,13H2,1H3. The largest absolute Gasteiger partial charge is 0.313 e. The molecule has 0 aliphatic carbocycles. The maximum Gasteiger partial charge on any atom is 0.0634 e. The fourth-order valence-electron chi connectivity index (χ4n) is 2.15. The molecule has 0 saturated heterocycles. The lowest BCUT2D eigenvalue weighted by Gasteiger charge is -2.06. The molecule has 0 radical (unpaired) electrons. The first-order valence-corrected chi connectivity index (χ1v) is 8.01. The van der Waals surface area contributed by atoms with Gasteiger partial charge in [0.15, 0.2) is 0 Å². The van der Waals surface area contributed by atoms with Crippen LogP contribution in [-0.2, 0) is 6.54 Å². The van der Waals surface area contributed by atoms with Gasteiger partial charge in [-0.15, -0.1) is 0 Å². The van der Waals surface area contributed by atoms with Crippen LogP contribution in [-0.4, -0.2) is 11.5 Å². The van der Waals surface area contributed by atoms with Gasteiger partial charge in [0.05, 0.1) is 5.02 Å². The molecule has 0 aliphatic rings. The maximum absolute atomic E-state index is 6.04. The van der Waals surface area contributed by atoms with Gasteiger partial charge >= 0.3 is 0 Å². The monoisotopic (exact) mass is 282 g/mol. The number of nitrogens with zero attached hydrogens (tertiary/aromatic N) is 1. The van der Waals surface area contributed by atoms with Gasteiger partial charge < -0.3 is 5.32 Å². The van der Waals surface area contributed by atoms with Crippen LogP contribution in [0, 0.1) is 0 Å². The number of aromatic nitrogens is 1. The molecule has 1 heterocycles. The fourth-order valence-corrected chi connectivity index (χ4v) is 2.34. The van der Waals surface area contributed by atoms with Gasteiger partial charge in [-0.25, -0.2) is 0 Å². The van der Waals surface area contributed by atoms with Crippen LogP contribution in [0.3, 0.4) is 0 Å². The Labute approximate surface area is 123 Å². The van der Waals surface area contributed by atoms with Crippen molar-refractivity contribution in [2.45, 2.75) is 64.8 Å². The Balaban J connectivity index is 1.90. The summed E-state index contributed by atoms with van der Waals surface area (Å²) < 4.78 is 0. The highest BCUT2D eigenvalue weighted by Gasteiger charge is 1.98. The third kappa shape index (κ3) is 8.22. The van der Waals surface area contributed by atoms with E-state index in [2.05, 4.69) is 17.2 Å². The predicted octanol–water partition coefficient (Wildman–Crippen LogP) is 4.97. The van der Waals surface area contributed by atoms with Crippen molar-refractivity contribution in [2.75, 3.05) is 6.54 Å². The molecule has 0 unspecified atom stereocenters. The summed E-state index contributed by atoms with van der Waals surface area (Å²) in [4.78, 5) is 3.98. The van der Waals surface area contributed by atoms with E-state index < -0.39 is 0 Å². The SMILES string of the molecule is CCCCCCCCCCNCc1ccncc1Cl. The summed E-state index contributed by atoms with van der Waals surface area (Å²) in [7, 11) is 0. The summed E-state index contributed by atoms with van der Waals surface area (Å²) >= 11 is 6.04. The van der Waals surface area contributed by atoms with Gasteiger partial charge in [0.2, 0.25) is 0 Å². The van der Waals surface area contributed by atoms with E-state index in [-0.39, 0.29) is 0 Å². The van der Waals surface area contributed by atoms with Crippen molar-refractivity contribution in [3.63, 3.8) is 0 Å². The first-order chi connectivity index (χ1) is 9.34. The second-order valence-electron chi connectivity index (χ2n) is 5.12. The van der Waals surface area contributed by atoms with Gasteiger partial charge in [-0.1, -0.05) is 63.5 Å². The Hall–Kier alpha value is -0.600. The highest BCUT2D eigenvalue weighted by atomic mass is 35.5. The maximum atomic E-state index is 6.04. The molecule has 0 spiro atoms. The van der Waals surface area contributed by atoms with Gasteiger partial charge in [0.25, 0.3) is 0 Å². The molecular weight excluding hydrogens is 256 g/mol. The van der Waals surface area contributed by atoms with E-state index in [9.17, 15) is 0 Å². The first-order valence-electron chi connectivity index (χ1n) is 7.63. The van der Waals surface area contributed by atoms with Crippen molar-refractivity contribution >= 4 is 11.6 Å². The number of hydrogen-bond donors (Lipinski definition) is 1. The Bertz CT molecular complexity index is 328. The van der Waals surface area contributed by atoms with Crippen LogP contribution in [0.15, 0.2) is 18.5 Å². The normalized spacial score (nSPS) is 10.8. The zero-order valence-electron chi connectivity index (χ0n) is 12.1. The van der Waals surface area contributed by atoms with E-state index in [0.29, 0.717) is 0 Å². The number of nitrogens with one attached hydrogen (secondary N) is 1. The Morgan fingerprint density at radius 1 is 1.05 bits per heavy atom. The molecule has 1 N–H and O–H groups in total. The highest BCUT2D eigenvalue weighted by molar-refractivity contribution is 6.31. The molecule has 0 saturated carbocycles. The van der Waals surface area contributed by atoms with Crippen LogP contribution in [0.2, 0.25) is 5.02 Å². The van der Waals surface area contributed by atoms with Crippen molar-refractivity contribution in [1.29, 1.82) is 0 Å². The van der Waals surface area contributed by atoms with Crippen LogP contribution in [0.5, 0.6) is 0 Å². The summed E-state index contributed by atoms with van der Waals surface area (Å²) in [5.41, 5.74) is 1.14. The molecule has 0 fully saturated rings. The molecule has 2 nitrogen and oxygen atoms in total. The van der Waals surface area contributed by atoms with Crippen molar-refractivity contribution in [1.82, 2.24) is 10.3 Å². The molecule has 1 aromatic heterocycles. The van der Waals surface area contributed by atoms with Crippen molar-refractivity contribution in [2.24, 2.45) is 0 Å². The summed E-state index contributed by atoms with van der Waals surface area (Å²) in [6.45, 7) is 4.19. The molecule has 19 heavy (non-hydrogen) atoms. The smallest absolute Gasteiger partial charge is 0.0634 e. The molecule has 0 aromatic carbocycles. The van der Waals surface area contributed by atoms with Crippen LogP contribution in [0.25, 0.3) is 0 Å². The quantitative estimate of drug-likeness (QED) is 0.580. The summed E-state index contributed by atoms with van der Waals surface area (Å²) in [5.74, 6) is 0. The Morgan fingerprint density at radius 2 is 1.74 bits per heavy atom. The van der Waals surface area contributed by atoms with Crippen molar-refractivity contribution in [3.8, 4) is 0 Å². The Morgan fingerprint density at radius 3 is 2.42 bits per heavy atom. The lowest BCUT2D eigenvalue weighted by atomic mass is 10.1. The molecule has 0 bridgehead atoms. The number of pyridine rings is 1. The Kier molecular flexibility index (Phi) is 9.74. The fraction of sp³-hybridized carbons (Fsp3) is 0.688. The minimum Gasteiger partial charge on any atom is -0.313 e. The second-order valence-corrected chi connectivity index (χ2v) is 5.53. The number of hydrogen-bond acceptors (Lipinski definition) is 2. The van der Waals surface area contributed by atoms with Gasteiger partial charge in [0, 0.05) is 18.9 Å². The summed E-state index contributed by atoms with van der Waals surface area (Å²) in [6, 6.07) is 1.98. The molecule has 0 aliphatic heterocycles. The third-order valence-corrected chi connectivity index (χ3v) is 3.72. The minimum absolute atomic E-state index is 0.755. The summed E-state index contributed by atoms with van der Waals surface area (Å²) in [6.07, 6.45) is 14.4. The van der Waals surface area contributed by atoms with Crippen LogP contribution in [0.1, 0.15) is 63.9 Å². The van der Waals surface area contributed by atoms with E-state index in [1.807, 2.05) is 6.07 Å². The lowest BCUT2D eigenvalue weighted by molar-refractivity contribution is 0.555. The number of rotatable bonds is 11. The third-order valence-electron chi connectivity index (χ3n) is 3.38. The van der Waals surface area contributed by atoms with Crippen LogP contribution >= 0.6 is 11.6 Å². The predicted molar refractivity (Wildman–Crippen MR) is 83.6 cm³/mol. The number of unbranched alkanes of at least 4 members (excludes halogenated alkanes) is 7. The first kappa shape index (κ1) is 16.5. The van der Waals surface area contributed by atoms with Crippen molar-refractivity contribution < 1.29 is 0 Å².